The van der Waals surface area contributed by atoms with Gasteiger partial charge in [-0.15, -0.1) is 0 Å². The molecule has 0 aliphatic heterocycles. The molecule has 1 amide bonds. The third-order valence-corrected chi connectivity index (χ3v) is 3.71. The fourth-order valence-electron chi connectivity index (χ4n) is 2.52. The Hall–Kier alpha value is -1.95. The third-order valence-electron chi connectivity index (χ3n) is 3.71. The average molecular weight is 260 g/mol. The minimum Gasteiger partial charge on any atom is -0.380 e. The van der Waals surface area contributed by atoms with Crippen LogP contribution in [0.4, 0.5) is 5.69 Å². The number of aliphatic hydroxyl groups is 1. The molecule has 1 saturated carbocycles. The predicted molar refractivity (Wildman–Crippen MR) is 70.7 cm³/mol. The molecule has 0 saturated heterocycles. The molecule has 6 nitrogen and oxygen atoms in total. The van der Waals surface area contributed by atoms with Crippen LogP contribution in [0.15, 0.2) is 12.3 Å². The van der Waals surface area contributed by atoms with Crippen molar-refractivity contribution in [2.24, 2.45) is 0 Å². The maximum absolute atomic E-state index is 12.1. The number of carbonyl (C=O) groups is 1. The van der Waals surface area contributed by atoms with Crippen molar-refractivity contribution < 1.29 is 9.90 Å². The van der Waals surface area contributed by atoms with Crippen LogP contribution in [0.2, 0.25) is 0 Å². The van der Waals surface area contributed by atoms with Gasteiger partial charge in [0.25, 0.3) is 5.91 Å². The first-order valence-corrected chi connectivity index (χ1v) is 6.43. The molecule has 6 heteroatoms. The number of nitrogens with zero attached hydrogens (tertiary/aromatic N) is 2. The lowest BCUT2D eigenvalue weighted by Gasteiger charge is -2.20. The Kier molecular flexibility index (Phi) is 2.74. The SMILES string of the molecule is Cc1[nH]nc2ncc(NC(=O)C3(O)CCCC3)cc12. The summed E-state index contributed by atoms with van der Waals surface area (Å²) in [5.41, 5.74) is 0.885. The van der Waals surface area contributed by atoms with Gasteiger partial charge in [-0.3, -0.25) is 9.89 Å². The number of hydrogen-bond donors (Lipinski definition) is 3. The number of aryl methyl sites for hydroxylation is 1. The lowest BCUT2D eigenvalue weighted by molar-refractivity contribution is -0.133. The van der Waals surface area contributed by atoms with E-state index < -0.39 is 5.60 Å². The third kappa shape index (κ3) is 2.08. The zero-order chi connectivity index (χ0) is 13.5. The van der Waals surface area contributed by atoms with Gasteiger partial charge in [0.05, 0.1) is 11.9 Å². The number of amides is 1. The molecular formula is C13H16N4O2. The Morgan fingerprint density at radius 1 is 1.47 bits per heavy atom. The molecule has 19 heavy (non-hydrogen) atoms. The number of fused-ring (bicyclic) bond motifs is 1. The lowest BCUT2D eigenvalue weighted by atomic mass is 10.0. The first-order chi connectivity index (χ1) is 9.08. The highest BCUT2D eigenvalue weighted by Crippen LogP contribution is 2.30. The van der Waals surface area contributed by atoms with Crippen LogP contribution >= 0.6 is 0 Å². The van der Waals surface area contributed by atoms with Crippen LogP contribution in [0.3, 0.4) is 0 Å². The van der Waals surface area contributed by atoms with Crippen molar-refractivity contribution in [3.8, 4) is 0 Å². The van der Waals surface area contributed by atoms with Gasteiger partial charge < -0.3 is 10.4 Å². The number of nitrogens with one attached hydrogen (secondary N) is 2. The molecule has 100 valence electrons. The van der Waals surface area contributed by atoms with E-state index in [9.17, 15) is 9.90 Å². The predicted octanol–water partition coefficient (Wildman–Crippen LogP) is 1.51. The largest absolute Gasteiger partial charge is 0.380 e. The van der Waals surface area contributed by atoms with Crippen molar-refractivity contribution in [1.82, 2.24) is 15.2 Å². The summed E-state index contributed by atoms with van der Waals surface area (Å²) in [6.45, 7) is 1.90. The molecule has 3 N–H and O–H groups in total. The lowest BCUT2D eigenvalue weighted by Crippen LogP contribution is -2.40. The monoisotopic (exact) mass is 260 g/mol. The van der Waals surface area contributed by atoms with Crippen LogP contribution in [-0.2, 0) is 4.79 Å². The van der Waals surface area contributed by atoms with Gasteiger partial charge in [0.1, 0.15) is 5.60 Å². The number of rotatable bonds is 2. The molecule has 0 radical (unpaired) electrons. The highest BCUT2D eigenvalue weighted by atomic mass is 16.3. The summed E-state index contributed by atoms with van der Waals surface area (Å²) in [5, 5.41) is 20.7. The van der Waals surface area contributed by atoms with Crippen LogP contribution in [0, 0.1) is 6.92 Å². The fraction of sp³-hybridized carbons (Fsp3) is 0.462. The second-order valence-corrected chi connectivity index (χ2v) is 5.14. The molecule has 0 aromatic carbocycles. The number of aromatic amines is 1. The van der Waals surface area contributed by atoms with Crippen molar-refractivity contribution >= 4 is 22.6 Å². The van der Waals surface area contributed by atoms with Gasteiger partial charge in [0, 0.05) is 11.1 Å². The van der Waals surface area contributed by atoms with Crippen molar-refractivity contribution in [1.29, 1.82) is 0 Å². The number of H-pyrrole nitrogens is 1. The van der Waals surface area contributed by atoms with Crippen LogP contribution in [0.25, 0.3) is 11.0 Å². The molecule has 3 rings (SSSR count). The van der Waals surface area contributed by atoms with E-state index in [0.717, 1.165) is 23.9 Å². The van der Waals surface area contributed by atoms with Crippen LogP contribution < -0.4 is 5.32 Å². The molecule has 0 unspecified atom stereocenters. The molecule has 2 heterocycles. The van der Waals surface area contributed by atoms with Gasteiger partial charge in [-0.05, 0) is 38.7 Å². The van der Waals surface area contributed by atoms with Gasteiger partial charge in [0.2, 0.25) is 0 Å². The summed E-state index contributed by atoms with van der Waals surface area (Å²) < 4.78 is 0. The molecule has 1 aliphatic carbocycles. The quantitative estimate of drug-likeness (QED) is 0.763. The van der Waals surface area contributed by atoms with Crippen molar-refractivity contribution in [2.75, 3.05) is 5.32 Å². The van der Waals surface area contributed by atoms with Crippen molar-refractivity contribution in [3.05, 3.63) is 18.0 Å². The van der Waals surface area contributed by atoms with E-state index in [1.54, 1.807) is 6.20 Å². The normalized spacial score (nSPS) is 17.8. The van der Waals surface area contributed by atoms with Gasteiger partial charge in [-0.1, -0.05) is 0 Å². The van der Waals surface area contributed by atoms with E-state index >= 15 is 0 Å². The maximum atomic E-state index is 12.1. The standard InChI is InChI=1S/C13H16N4O2/c1-8-10-6-9(7-14-11(10)17-16-8)15-12(18)13(19)4-2-3-5-13/h6-7,19H,2-5H2,1H3,(H,15,18)(H,14,16,17). The molecule has 0 spiro atoms. The maximum Gasteiger partial charge on any atom is 0.256 e. The molecule has 1 aliphatic rings. The van der Waals surface area contributed by atoms with Gasteiger partial charge >= 0.3 is 0 Å². The first-order valence-electron chi connectivity index (χ1n) is 6.43. The van der Waals surface area contributed by atoms with E-state index in [4.69, 9.17) is 0 Å². The minimum absolute atomic E-state index is 0.340. The Bertz CT molecular complexity index is 629. The summed E-state index contributed by atoms with van der Waals surface area (Å²) in [5.74, 6) is -0.340. The highest BCUT2D eigenvalue weighted by Gasteiger charge is 2.38. The number of hydrogen-bond acceptors (Lipinski definition) is 4. The number of anilines is 1. The molecule has 2 aromatic rings. The molecular weight excluding hydrogens is 244 g/mol. The zero-order valence-electron chi connectivity index (χ0n) is 10.7. The van der Waals surface area contributed by atoms with E-state index in [1.165, 1.54) is 0 Å². The molecule has 0 atom stereocenters. The molecule has 1 fully saturated rings. The van der Waals surface area contributed by atoms with Gasteiger partial charge in [0.15, 0.2) is 5.65 Å². The topological polar surface area (TPSA) is 90.9 Å². The summed E-state index contributed by atoms with van der Waals surface area (Å²) in [6, 6.07) is 1.82. The van der Waals surface area contributed by atoms with Crippen molar-refractivity contribution in [3.63, 3.8) is 0 Å². The highest BCUT2D eigenvalue weighted by molar-refractivity contribution is 5.98. The van der Waals surface area contributed by atoms with Crippen molar-refractivity contribution in [2.45, 2.75) is 38.2 Å². The smallest absolute Gasteiger partial charge is 0.256 e. The number of aromatic nitrogens is 3. The summed E-state index contributed by atoms with van der Waals surface area (Å²) in [4.78, 5) is 16.2. The summed E-state index contributed by atoms with van der Waals surface area (Å²) in [6.07, 6.45) is 4.39. The molecule has 2 aromatic heterocycles. The van der Waals surface area contributed by atoms with E-state index in [2.05, 4.69) is 20.5 Å². The first kappa shape index (κ1) is 12.1. The number of carbonyl (C=O) groups excluding carboxylic acids is 1. The fourth-order valence-corrected chi connectivity index (χ4v) is 2.52. The van der Waals surface area contributed by atoms with Crippen LogP contribution in [0.5, 0.6) is 0 Å². The molecule has 0 bridgehead atoms. The van der Waals surface area contributed by atoms with E-state index in [1.807, 2.05) is 13.0 Å². The number of pyridine rings is 1. The second-order valence-electron chi connectivity index (χ2n) is 5.14. The zero-order valence-corrected chi connectivity index (χ0v) is 10.7. The minimum atomic E-state index is -1.22. The van der Waals surface area contributed by atoms with Crippen LogP contribution in [-0.4, -0.2) is 31.8 Å². The Morgan fingerprint density at radius 2 is 2.21 bits per heavy atom. The van der Waals surface area contributed by atoms with E-state index in [-0.39, 0.29) is 5.91 Å². The van der Waals surface area contributed by atoms with Gasteiger partial charge in [-0.2, -0.15) is 5.10 Å². The summed E-state index contributed by atoms with van der Waals surface area (Å²) in [7, 11) is 0. The Labute approximate surface area is 110 Å². The Balaban J connectivity index is 1.84. The van der Waals surface area contributed by atoms with Crippen LogP contribution in [0.1, 0.15) is 31.4 Å². The van der Waals surface area contributed by atoms with E-state index in [0.29, 0.717) is 24.2 Å². The average Bonchev–Trinajstić information content (AvgIpc) is 2.98. The Morgan fingerprint density at radius 3 is 2.95 bits per heavy atom. The second kappa shape index (κ2) is 4.31. The van der Waals surface area contributed by atoms with Gasteiger partial charge in [-0.25, -0.2) is 4.98 Å². The summed E-state index contributed by atoms with van der Waals surface area (Å²) >= 11 is 0.